The molecule has 21 heavy (non-hydrogen) atoms. The Balaban J connectivity index is 2.56. The molecule has 0 aliphatic carbocycles. The van der Waals surface area contributed by atoms with Gasteiger partial charge in [0.05, 0.1) is 26.9 Å². The van der Waals surface area contributed by atoms with E-state index in [1.807, 2.05) is 6.92 Å². The van der Waals surface area contributed by atoms with E-state index < -0.39 is 0 Å². The van der Waals surface area contributed by atoms with E-state index in [-0.39, 0.29) is 5.78 Å². The van der Waals surface area contributed by atoms with Crippen LogP contribution in [0.25, 0.3) is 0 Å². The summed E-state index contributed by atoms with van der Waals surface area (Å²) in [7, 11) is 4.52. The SMILES string of the molecule is CCn1ccnc1C(=O)c1ccc(OC)c(OC)c1OC. The van der Waals surface area contributed by atoms with Crippen LogP contribution in [-0.4, -0.2) is 36.7 Å². The van der Waals surface area contributed by atoms with Crippen LogP contribution in [0.2, 0.25) is 0 Å². The smallest absolute Gasteiger partial charge is 0.232 e. The number of aryl methyl sites for hydroxylation is 1. The lowest BCUT2D eigenvalue weighted by atomic mass is 10.1. The van der Waals surface area contributed by atoms with Gasteiger partial charge in [0.2, 0.25) is 11.5 Å². The van der Waals surface area contributed by atoms with E-state index in [2.05, 4.69) is 4.98 Å². The quantitative estimate of drug-likeness (QED) is 0.763. The van der Waals surface area contributed by atoms with E-state index in [0.717, 1.165) is 0 Å². The van der Waals surface area contributed by atoms with Gasteiger partial charge in [-0.15, -0.1) is 0 Å². The number of hydrogen-bond acceptors (Lipinski definition) is 5. The Kier molecular flexibility index (Phi) is 4.47. The van der Waals surface area contributed by atoms with Gasteiger partial charge in [-0.1, -0.05) is 0 Å². The van der Waals surface area contributed by atoms with E-state index in [0.29, 0.717) is 35.2 Å². The molecule has 0 saturated heterocycles. The number of aromatic nitrogens is 2. The molecule has 1 aromatic heterocycles. The standard InChI is InChI=1S/C15H18N2O4/c1-5-17-9-8-16-15(17)12(18)10-6-7-11(19-2)14(21-4)13(10)20-3/h6-9H,5H2,1-4H3. The van der Waals surface area contributed by atoms with Crippen molar-refractivity contribution in [1.29, 1.82) is 0 Å². The van der Waals surface area contributed by atoms with Gasteiger partial charge in [-0.25, -0.2) is 4.98 Å². The summed E-state index contributed by atoms with van der Waals surface area (Å²) in [6.07, 6.45) is 3.37. The largest absolute Gasteiger partial charge is 0.493 e. The third-order valence-corrected chi connectivity index (χ3v) is 3.21. The first-order chi connectivity index (χ1) is 10.2. The average molecular weight is 290 g/mol. The van der Waals surface area contributed by atoms with Gasteiger partial charge in [0.25, 0.3) is 0 Å². The molecule has 6 heteroatoms. The van der Waals surface area contributed by atoms with E-state index in [4.69, 9.17) is 14.2 Å². The molecule has 0 aliphatic rings. The highest BCUT2D eigenvalue weighted by atomic mass is 16.5. The molecule has 0 bridgehead atoms. The minimum Gasteiger partial charge on any atom is -0.493 e. The minimum absolute atomic E-state index is 0.223. The summed E-state index contributed by atoms with van der Waals surface area (Å²) in [4.78, 5) is 16.8. The third-order valence-electron chi connectivity index (χ3n) is 3.21. The average Bonchev–Trinajstić information content (AvgIpc) is 3.00. The highest BCUT2D eigenvalue weighted by Gasteiger charge is 2.24. The first-order valence-electron chi connectivity index (χ1n) is 6.52. The van der Waals surface area contributed by atoms with E-state index in [9.17, 15) is 4.79 Å². The molecule has 112 valence electrons. The van der Waals surface area contributed by atoms with Gasteiger partial charge in [-0.3, -0.25) is 4.79 Å². The number of carbonyl (C=O) groups excluding carboxylic acids is 1. The van der Waals surface area contributed by atoms with Crippen LogP contribution in [0, 0.1) is 0 Å². The van der Waals surface area contributed by atoms with Crippen molar-refractivity contribution in [1.82, 2.24) is 9.55 Å². The second kappa shape index (κ2) is 6.30. The maximum absolute atomic E-state index is 12.7. The summed E-state index contributed by atoms with van der Waals surface area (Å²) >= 11 is 0. The maximum Gasteiger partial charge on any atom is 0.232 e. The van der Waals surface area contributed by atoms with Gasteiger partial charge in [0.15, 0.2) is 17.3 Å². The van der Waals surface area contributed by atoms with Crippen molar-refractivity contribution >= 4 is 5.78 Å². The molecule has 0 atom stereocenters. The Morgan fingerprint density at radius 3 is 2.43 bits per heavy atom. The molecule has 0 radical (unpaired) electrons. The first kappa shape index (κ1) is 14.9. The van der Waals surface area contributed by atoms with Crippen molar-refractivity contribution in [3.8, 4) is 17.2 Å². The predicted molar refractivity (Wildman–Crippen MR) is 77.4 cm³/mol. The van der Waals surface area contributed by atoms with E-state index in [1.165, 1.54) is 21.3 Å². The number of ketones is 1. The molecule has 0 N–H and O–H groups in total. The summed E-state index contributed by atoms with van der Waals surface area (Å²) in [5, 5.41) is 0. The molecule has 0 unspecified atom stereocenters. The Bertz CT molecular complexity index is 649. The highest BCUT2D eigenvalue weighted by molar-refractivity contribution is 6.09. The fraction of sp³-hybridized carbons (Fsp3) is 0.333. The second-order valence-electron chi connectivity index (χ2n) is 4.25. The lowest BCUT2D eigenvalue weighted by Gasteiger charge is -2.15. The Morgan fingerprint density at radius 1 is 1.14 bits per heavy atom. The molecule has 1 heterocycles. The highest BCUT2D eigenvalue weighted by Crippen LogP contribution is 2.40. The number of benzene rings is 1. The number of nitrogens with zero attached hydrogens (tertiary/aromatic N) is 2. The first-order valence-corrected chi connectivity index (χ1v) is 6.52. The molecule has 0 amide bonds. The van der Waals surface area contributed by atoms with Gasteiger partial charge in [0, 0.05) is 18.9 Å². The lowest BCUT2D eigenvalue weighted by molar-refractivity contribution is 0.102. The normalized spacial score (nSPS) is 10.3. The molecular weight excluding hydrogens is 272 g/mol. The maximum atomic E-state index is 12.7. The summed E-state index contributed by atoms with van der Waals surface area (Å²) in [6, 6.07) is 3.32. The minimum atomic E-state index is -0.223. The molecule has 2 aromatic rings. The molecule has 6 nitrogen and oxygen atoms in total. The van der Waals surface area contributed by atoms with Crippen LogP contribution in [0.15, 0.2) is 24.5 Å². The molecular formula is C15H18N2O4. The third kappa shape index (κ3) is 2.56. The zero-order valence-corrected chi connectivity index (χ0v) is 12.5. The van der Waals surface area contributed by atoms with Gasteiger partial charge < -0.3 is 18.8 Å². The number of rotatable bonds is 6. The number of carbonyl (C=O) groups is 1. The second-order valence-corrected chi connectivity index (χ2v) is 4.25. The zero-order chi connectivity index (χ0) is 15.4. The monoisotopic (exact) mass is 290 g/mol. The van der Waals surface area contributed by atoms with E-state index >= 15 is 0 Å². The van der Waals surface area contributed by atoms with Gasteiger partial charge in [-0.05, 0) is 19.1 Å². The Morgan fingerprint density at radius 2 is 1.86 bits per heavy atom. The van der Waals surface area contributed by atoms with Crippen molar-refractivity contribution < 1.29 is 19.0 Å². The van der Waals surface area contributed by atoms with Gasteiger partial charge in [0.1, 0.15) is 0 Å². The summed E-state index contributed by atoms with van der Waals surface area (Å²) < 4.78 is 17.6. The number of ether oxygens (including phenoxy) is 3. The lowest BCUT2D eigenvalue weighted by Crippen LogP contribution is -2.12. The summed E-state index contributed by atoms with van der Waals surface area (Å²) in [5.74, 6) is 1.38. The van der Waals surface area contributed by atoms with Crippen LogP contribution in [0.3, 0.4) is 0 Å². The molecule has 0 saturated carbocycles. The molecule has 2 rings (SSSR count). The fourth-order valence-corrected chi connectivity index (χ4v) is 2.17. The number of hydrogen-bond donors (Lipinski definition) is 0. The molecule has 0 aliphatic heterocycles. The van der Waals surface area contributed by atoms with Gasteiger partial charge in [-0.2, -0.15) is 0 Å². The molecule has 0 spiro atoms. The number of imidazole rings is 1. The molecule has 1 aromatic carbocycles. The van der Waals surface area contributed by atoms with Crippen LogP contribution in [0.1, 0.15) is 23.1 Å². The Hall–Kier alpha value is -2.50. The van der Waals surface area contributed by atoms with Crippen molar-refractivity contribution in [2.45, 2.75) is 13.5 Å². The van der Waals surface area contributed by atoms with Crippen molar-refractivity contribution in [2.24, 2.45) is 0 Å². The van der Waals surface area contributed by atoms with Crippen LogP contribution in [-0.2, 0) is 6.54 Å². The zero-order valence-electron chi connectivity index (χ0n) is 12.5. The van der Waals surface area contributed by atoms with Crippen LogP contribution in [0.4, 0.5) is 0 Å². The van der Waals surface area contributed by atoms with Crippen LogP contribution < -0.4 is 14.2 Å². The van der Waals surface area contributed by atoms with Crippen LogP contribution in [0.5, 0.6) is 17.2 Å². The summed E-state index contributed by atoms with van der Waals surface area (Å²) in [6.45, 7) is 2.61. The van der Waals surface area contributed by atoms with Gasteiger partial charge >= 0.3 is 0 Å². The fourth-order valence-electron chi connectivity index (χ4n) is 2.17. The number of methoxy groups -OCH3 is 3. The van der Waals surface area contributed by atoms with Crippen molar-refractivity contribution in [3.05, 3.63) is 35.9 Å². The molecule has 0 fully saturated rings. The Labute approximate surface area is 123 Å². The predicted octanol–water partition coefficient (Wildman–Crippen LogP) is 2.16. The summed E-state index contributed by atoms with van der Waals surface area (Å²) in [5.41, 5.74) is 0.385. The van der Waals surface area contributed by atoms with E-state index in [1.54, 1.807) is 29.1 Å². The van der Waals surface area contributed by atoms with Crippen LogP contribution >= 0.6 is 0 Å². The van der Waals surface area contributed by atoms with Crippen molar-refractivity contribution in [2.75, 3.05) is 21.3 Å². The topological polar surface area (TPSA) is 62.6 Å². The van der Waals surface area contributed by atoms with Crippen molar-refractivity contribution in [3.63, 3.8) is 0 Å².